The van der Waals surface area contributed by atoms with E-state index in [2.05, 4.69) is 4.98 Å². The molecule has 2 rings (SSSR count). The van der Waals surface area contributed by atoms with Crippen LogP contribution in [0.15, 0.2) is 23.4 Å². The number of halogens is 1. The molecule has 0 amide bonds. The molecule has 1 heterocycles. The lowest BCUT2D eigenvalue weighted by Crippen LogP contribution is -2.34. The summed E-state index contributed by atoms with van der Waals surface area (Å²) in [7, 11) is -3.78. The average Bonchev–Trinajstić information content (AvgIpc) is 3.10. The number of rotatable bonds is 5. The molecule has 0 radical (unpaired) electrons. The maximum atomic E-state index is 13.5. The Hall–Kier alpha value is -1.01. The van der Waals surface area contributed by atoms with E-state index in [0.717, 1.165) is 18.9 Å². The molecule has 0 aromatic carbocycles. The number of hydrogen-bond acceptors (Lipinski definition) is 3. The fraction of sp³-hybridized carbons (Fsp3) is 0.545. The minimum atomic E-state index is -3.78. The summed E-state index contributed by atoms with van der Waals surface area (Å²) in [4.78, 5) is 3.66. The van der Waals surface area contributed by atoms with Crippen LogP contribution in [0.1, 0.15) is 26.2 Å². The first-order valence-electron chi connectivity index (χ1n) is 5.69. The van der Waals surface area contributed by atoms with E-state index in [1.54, 1.807) is 0 Å². The van der Waals surface area contributed by atoms with Gasteiger partial charge in [0, 0.05) is 18.8 Å². The third kappa shape index (κ3) is 2.47. The first-order chi connectivity index (χ1) is 8.07. The van der Waals surface area contributed by atoms with E-state index in [9.17, 15) is 12.8 Å². The third-order valence-electron chi connectivity index (χ3n) is 2.68. The van der Waals surface area contributed by atoms with Crippen LogP contribution in [0.3, 0.4) is 0 Å². The predicted molar refractivity (Wildman–Crippen MR) is 61.4 cm³/mol. The van der Waals surface area contributed by atoms with E-state index in [-0.39, 0.29) is 6.04 Å². The van der Waals surface area contributed by atoms with Crippen molar-refractivity contribution in [3.8, 4) is 0 Å². The number of nitrogens with zero attached hydrogens (tertiary/aromatic N) is 2. The molecule has 1 fully saturated rings. The summed E-state index contributed by atoms with van der Waals surface area (Å²) in [6, 6.07) is 2.54. The van der Waals surface area contributed by atoms with Gasteiger partial charge in [-0.25, -0.2) is 17.8 Å². The van der Waals surface area contributed by atoms with Gasteiger partial charge in [-0.3, -0.25) is 0 Å². The molecule has 4 nitrogen and oxygen atoms in total. The number of pyridine rings is 1. The van der Waals surface area contributed by atoms with Gasteiger partial charge in [0.1, 0.15) is 0 Å². The standard InChI is InChI=1S/C11H15FN2O2S/c1-2-8-14(9-5-6-9)17(15,16)11-10(12)4-3-7-13-11/h3-4,7,9H,2,5-6,8H2,1H3. The van der Waals surface area contributed by atoms with Crippen LogP contribution in [0.4, 0.5) is 4.39 Å². The van der Waals surface area contributed by atoms with Gasteiger partial charge in [0.25, 0.3) is 10.0 Å². The van der Waals surface area contributed by atoms with Gasteiger partial charge in [-0.05, 0) is 31.4 Å². The SMILES string of the molecule is CCCN(C1CC1)S(=O)(=O)c1ncccc1F. The smallest absolute Gasteiger partial charge is 0.241 e. The van der Waals surface area contributed by atoms with Gasteiger partial charge in [-0.2, -0.15) is 4.31 Å². The maximum Gasteiger partial charge on any atom is 0.263 e. The van der Waals surface area contributed by atoms with Crippen LogP contribution in [0, 0.1) is 5.82 Å². The maximum absolute atomic E-state index is 13.5. The van der Waals surface area contributed by atoms with Crippen LogP contribution in [-0.4, -0.2) is 30.3 Å². The fourth-order valence-electron chi connectivity index (χ4n) is 1.75. The molecular weight excluding hydrogens is 243 g/mol. The lowest BCUT2D eigenvalue weighted by atomic mass is 10.5. The summed E-state index contributed by atoms with van der Waals surface area (Å²) in [6.45, 7) is 2.32. The van der Waals surface area contributed by atoms with E-state index in [1.807, 2.05) is 6.92 Å². The molecule has 1 aromatic rings. The molecule has 17 heavy (non-hydrogen) atoms. The molecule has 0 bridgehead atoms. The lowest BCUT2D eigenvalue weighted by Gasteiger charge is -2.20. The Morgan fingerprint density at radius 3 is 2.76 bits per heavy atom. The van der Waals surface area contributed by atoms with Crippen molar-refractivity contribution in [2.75, 3.05) is 6.54 Å². The zero-order valence-electron chi connectivity index (χ0n) is 9.63. The Morgan fingerprint density at radius 2 is 2.24 bits per heavy atom. The first kappa shape index (κ1) is 12.4. The highest BCUT2D eigenvalue weighted by atomic mass is 32.2. The Balaban J connectivity index is 2.37. The Labute approximate surface area is 101 Å². The number of hydrogen-bond donors (Lipinski definition) is 0. The average molecular weight is 258 g/mol. The normalized spacial score (nSPS) is 16.4. The van der Waals surface area contributed by atoms with E-state index in [1.165, 1.54) is 16.6 Å². The second kappa shape index (κ2) is 4.70. The van der Waals surface area contributed by atoms with Gasteiger partial charge >= 0.3 is 0 Å². The van der Waals surface area contributed by atoms with Gasteiger partial charge in [0.2, 0.25) is 5.03 Å². The summed E-state index contributed by atoms with van der Waals surface area (Å²) in [5.41, 5.74) is 0. The molecule has 1 aliphatic carbocycles. The molecule has 0 atom stereocenters. The fourth-order valence-corrected chi connectivity index (χ4v) is 3.51. The molecular formula is C11H15FN2O2S. The van der Waals surface area contributed by atoms with Crippen LogP contribution in [0.2, 0.25) is 0 Å². The number of aromatic nitrogens is 1. The second-order valence-electron chi connectivity index (χ2n) is 4.14. The quantitative estimate of drug-likeness (QED) is 0.809. The van der Waals surface area contributed by atoms with Gasteiger partial charge in [0.15, 0.2) is 5.82 Å². The van der Waals surface area contributed by atoms with Crippen molar-refractivity contribution in [3.63, 3.8) is 0 Å². The van der Waals surface area contributed by atoms with E-state index in [0.29, 0.717) is 13.0 Å². The molecule has 1 aromatic heterocycles. The molecule has 1 aliphatic rings. The monoisotopic (exact) mass is 258 g/mol. The highest BCUT2D eigenvalue weighted by Crippen LogP contribution is 2.32. The van der Waals surface area contributed by atoms with Crippen molar-refractivity contribution in [1.29, 1.82) is 0 Å². The van der Waals surface area contributed by atoms with Gasteiger partial charge in [-0.15, -0.1) is 0 Å². The van der Waals surface area contributed by atoms with Gasteiger partial charge in [-0.1, -0.05) is 6.92 Å². The zero-order valence-corrected chi connectivity index (χ0v) is 10.5. The molecule has 1 saturated carbocycles. The lowest BCUT2D eigenvalue weighted by molar-refractivity contribution is 0.397. The van der Waals surface area contributed by atoms with E-state index < -0.39 is 20.9 Å². The Morgan fingerprint density at radius 1 is 1.53 bits per heavy atom. The van der Waals surface area contributed by atoms with Crippen LogP contribution in [0.25, 0.3) is 0 Å². The summed E-state index contributed by atoms with van der Waals surface area (Å²) < 4.78 is 39.4. The van der Waals surface area contributed by atoms with Crippen LogP contribution < -0.4 is 0 Å². The zero-order chi connectivity index (χ0) is 12.5. The van der Waals surface area contributed by atoms with Gasteiger partial charge < -0.3 is 0 Å². The Bertz CT molecular complexity index is 500. The molecule has 0 N–H and O–H groups in total. The summed E-state index contributed by atoms with van der Waals surface area (Å²) in [5.74, 6) is -0.783. The third-order valence-corrected chi connectivity index (χ3v) is 4.56. The van der Waals surface area contributed by atoms with Gasteiger partial charge in [0.05, 0.1) is 0 Å². The van der Waals surface area contributed by atoms with E-state index >= 15 is 0 Å². The minimum absolute atomic E-state index is 0.0290. The topological polar surface area (TPSA) is 50.3 Å². The van der Waals surface area contributed by atoms with Crippen molar-refractivity contribution >= 4 is 10.0 Å². The predicted octanol–water partition coefficient (Wildman–Crippen LogP) is 1.78. The highest BCUT2D eigenvalue weighted by Gasteiger charge is 2.39. The van der Waals surface area contributed by atoms with E-state index in [4.69, 9.17) is 0 Å². The van der Waals surface area contributed by atoms with Crippen LogP contribution >= 0.6 is 0 Å². The summed E-state index contributed by atoms with van der Waals surface area (Å²) in [5, 5.41) is -0.458. The van der Waals surface area contributed by atoms with Crippen molar-refractivity contribution in [2.24, 2.45) is 0 Å². The molecule has 0 spiro atoms. The largest absolute Gasteiger partial charge is 0.263 e. The molecule has 0 unspecified atom stereocenters. The Kier molecular flexibility index (Phi) is 3.44. The molecule has 94 valence electrons. The molecule has 6 heteroatoms. The van der Waals surface area contributed by atoms with Crippen molar-refractivity contribution < 1.29 is 12.8 Å². The van der Waals surface area contributed by atoms with Crippen LogP contribution in [-0.2, 0) is 10.0 Å². The minimum Gasteiger partial charge on any atom is -0.241 e. The first-order valence-corrected chi connectivity index (χ1v) is 7.13. The summed E-state index contributed by atoms with van der Waals surface area (Å²) >= 11 is 0. The van der Waals surface area contributed by atoms with Crippen LogP contribution in [0.5, 0.6) is 0 Å². The summed E-state index contributed by atoms with van der Waals surface area (Å²) in [6.07, 6.45) is 3.72. The second-order valence-corrected chi connectivity index (χ2v) is 5.94. The van der Waals surface area contributed by atoms with Crippen molar-refractivity contribution in [2.45, 2.75) is 37.3 Å². The van der Waals surface area contributed by atoms with Crippen molar-refractivity contribution in [1.82, 2.24) is 9.29 Å². The van der Waals surface area contributed by atoms with Crippen molar-refractivity contribution in [3.05, 3.63) is 24.1 Å². The highest BCUT2D eigenvalue weighted by molar-refractivity contribution is 7.89. The molecule has 0 saturated heterocycles. The number of sulfonamides is 1. The molecule has 0 aliphatic heterocycles.